The molecule has 33 heavy (non-hydrogen) atoms. The Hall–Kier alpha value is -4.34. The van der Waals surface area contributed by atoms with E-state index in [4.69, 9.17) is 4.74 Å². The summed E-state index contributed by atoms with van der Waals surface area (Å²) in [6.07, 6.45) is 0. The summed E-state index contributed by atoms with van der Waals surface area (Å²) < 4.78 is 8.80. The second-order valence-corrected chi connectivity index (χ2v) is 7.58. The predicted molar refractivity (Wildman–Crippen MR) is 122 cm³/mol. The maximum Gasteiger partial charge on any atom is 0.276 e. The second kappa shape index (κ2) is 8.65. The van der Waals surface area contributed by atoms with Gasteiger partial charge in [-0.3, -0.25) is 9.59 Å². The molecule has 0 saturated heterocycles. The normalized spacial score (nSPS) is 10.8. The van der Waals surface area contributed by atoms with E-state index < -0.39 is 5.91 Å². The van der Waals surface area contributed by atoms with E-state index in [1.165, 1.54) is 19.2 Å². The maximum absolute atomic E-state index is 12.4. The minimum absolute atomic E-state index is 0.140. The van der Waals surface area contributed by atoms with E-state index in [9.17, 15) is 9.59 Å². The minimum Gasteiger partial charge on any atom is -0.439 e. The molecule has 1 amide bonds. The highest BCUT2D eigenvalue weighted by Crippen LogP contribution is 2.24. The molecule has 0 bridgehead atoms. The molecule has 0 aliphatic carbocycles. The molecule has 4 rings (SSSR count). The molecule has 0 unspecified atom stereocenters. The highest BCUT2D eigenvalue weighted by atomic mass is 16.5. The Morgan fingerprint density at radius 3 is 2.33 bits per heavy atom. The van der Waals surface area contributed by atoms with Crippen molar-refractivity contribution in [2.24, 2.45) is 7.05 Å². The Kier molecular flexibility index (Phi) is 5.74. The van der Waals surface area contributed by atoms with Gasteiger partial charge < -0.3 is 10.1 Å². The smallest absolute Gasteiger partial charge is 0.276 e. The average Bonchev–Trinajstić information content (AvgIpc) is 3.04. The molecule has 3 heterocycles. The van der Waals surface area contributed by atoms with E-state index in [2.05, 4.69) is 25.5 Å². The lowest BCUT2D eigenvalue weighted by molar-refractivity contribution is 0.102. The van der Waals surface area contributed by atoms with Crippen molar-refractivity contribution in [1.82, 2.24) is 29.5 Å². The summed E-state index contributed by atoms with van der Waals surface area (Å²) in [5.41, 5.74) is 3.46. The fraction of sp³-hybridized carbons (Fsp3) is 0.217. The van der Waals surface area contributed by atoms with Gasteiger partial charge >= 0.3 is 0 Å². The first kappa shape index (κ1) is 21.9. The van der Waals surface area contributed by atoms with Crippen LogP contribution in [-0.2, 0) is 7.05 Å². The first-order valence-electron chi connectivity index (χ1n) is 10.2. The molecule has 10 heteroatoms. The van der Waals surface area contributed by atoms with Crippen molar-refractivity contribution < 1.29 is 9.53 Å². The van der Waals surface area contributed by atoms with Crippen LogP contribution in [0.2, 0.25) is 0 Å². The zero-order valence-electron chi connectivity index (χ0n) is 18.9. The van der Waals surface area contributed by atoms with Crippen LogP contribution in [0.15, 0.2) is 47.3 Å². The van der Waals surface area contributed by atoms with Crippen molar-refractivity contribution in [1.29, 1.82) is 0 Å². The molecule has 0 aliphatic rings. The molecule has 3 aromatic heterocycles. The van der Waals surface area contributed by atoms with Gasteiger partial charge in [0.05, 0.1) is 5.69 Å². The zero-order valence-corrected chi connectivity index (χ0v) is 18.9. The molecular weight excluding hydrogens is 422 g/mol. The fourth-order valence-electron chi connectivity index (χ4n) is 3.18. The maximum atomic E-state index is 12.4. The third kappa shape index (κ3) is 4.64. The molecule has 0 saturated carbocycles. The lowest BCUT2D eigenvalue weighted by Crippen LogP contribution is -2.23. The van der Waals surface area contributed by atoms with Gasteiger partial charge in [0.2, 0.25) is 5.88 Å². The first-order chi connectivity index (χ1) is 15.7. The van der Waals surface area contributed by atoms with Gasteiger partial charge in [0.15, 0.2) is 5.82 Å². The number of aryl methyl sites for hydroxylation is 3. The van der Waals surface area contributed by atoms with E-state index in [1.54, 1.807) is 41.9 Å². The van der Waals surface area contributed by atoms with Gasteiger partial charge in [0.1, 0.15) is 17.3 Å². The van der Waals surface area contributed by atoms with Crippen LogP contribution >= 0.6 is 0 Å². The van der Waals surface area contributed by atoms with Crippen molar-refractivity contribution in [3.05, 3.63) is 81.3 Å². The van der Waals surface area contributed by atoms with Crippen molar-refractivity contribution in [2.75, 3.05) is 5.32 Å². The monoisotopic (exact) mass is 445 g/mol. The summed E-state index contributed by atoms with van der Waals surface area (Å²) in [5.74, 6) is 1.69. The van der Waals surface area contributed by atoms with Crippen LogP contribution in [0.4, 0.5) is 5.69 Å². The summed E-state index contributed by atoms with van der Waals surface area (Å²) in [7, 11) is 1.49. The largest absolute Gasteiger partial charge is 0.439 e. The highest BCUT2D eigenvalue weighted by Gasteiger charge is 2.13. The third-order valence-corrected chi connectivity index (χ3v) is 5.20. The van der Waals surface area contributed by atoms with Gasteiger partial charge in [0, 0.05) is 30.6 Å². The Bertz CT molecular complexity index is 1400. The SMILES string of the molecule is Cc1nc(Oc2ccc(NC(=O)c3ccc(=O)n(C)n3)cc2)cc(-n2nc(C)c(C)c2C)n1. The van der Waals surface area contributed by atoms with E-state index in [-0.39, 0.29) is 11.3 Å². The van der Waals surface area contributed by atoms with Crippen LogP contribution in [0.5, 0.6) is 11.6 Å². The number of benzene rings is 1. The van der Waals surface area contributed by atoms with Crippen LogP contribution in [0, 0.1) is 27.7 Å². The van der Waals surface area contributed by atoms with E-state index in [0.29, 0.717) is 29.0 Å². The standard InChI is InChI=1S/C23H23N7O3/c1-13-14(2)27-30(15(13)3)20-12-21(25-16(4)24-20)33-18-8-6-17(7-9-18)26-23(32)19-10-11-22(31)29(5)28-19/h6-12H,1-5H3,(H,26,32). The molecule has 0 atom stereocenters. The summed E-state index contributed by atoms with van der Waals surface area (Å²) in [6.45, 7) is 7.76. The number of carbonyl (C=O) groups excluding carboxylic acids is 1. The predicted octanol–water partition coefficient (Wildman–Crippen LogP) is 3.03. The fourth-order valence-corrected chi connectivity index (χ4v) is 3.18. The molecule has 0 spiro atoms. The third-order valence-electron chi connectivity index (χ3n) is 5.20. The highest BCUT2D eigenvalue weighted by molar-refractivity contribution is 6.02. The number of nitrogens with zero attached hydrogens (tertiary/aromatic N) is 6. The Balaban J connectivity index is 1.50. The van der Waals surface area contributed by atoms with Gasteiger partial charge in [0.25, 0.3) is 11.5 Å². The molecular formula is C23H23N7O3. The van der Waals surface area contributed by atoms with Gasteiger partial charge in [-0.2, -0.15) is 15.2 Å². The van der Waals surface area contributed by atoms with Crippen molar-refractivity contribution >= 4 is 11.6 Å². The number of rotatable bonds is 5. The Morgan fingerprint density at radius 1 is 0.970 bits per heavy atom. The van der Waals surface area contributed by atoms with E-state index >= 15 is 0 Å². The lowest BCUT2D eigenvalue weighted by atomic mass is 10.2. The number of carbonyl (C=O) groups is 1. The summed E-state index contributed by atoms with van der Waals surface area (Å²) in [5, 5.41) is 11.2. The molecule has 1 aromatic carbocycles. The van der Waals surface area contributed by atoms with Gasteiger partial charge in [-0.1, -0.05) is 0 Å². The first-order valence-corrected chi connectivity index (χ1v) is 10.2. The minimum atomic E-state index is -0.421. The van der Waals surface area contributed by atoms with Crippen molar-refractivity contribution in [2.45, 2.75) is 27.7 Å². The topological polar surface area (TPSA) is 117 Å². The van der Waals surface area contributed by atoms with Crippen molar-refractivity contribution in [3.63, 3.8) is 0 Å². The van der Waals surface area contributed by atoms with Gasteiger partial charge in [-0.05, 0) is 63.6 Å². The molecule has 1 N–H and O–H groups in total. The quantitative estimate of drug-likeness (QED) is 0.502. The molecule has 0 aliphatic heterocycles. The van der Waals surface area contributed by atoms with Crippen LogP contribution in [0.1, 0.15) is 33.3 Å². The summed E-state index contributed by atoms with van der Waals surface area (Å²) in [6, 6.07) is 11.2. The molecule has 10 nitrogen and oxygen atoms in total. The lowest BCUT2D eigenvalue weighted by Gasteiger charge is -2.10. The van der Waals surface area contributed by atoms with Crippen LogP contribution in [-0.4, -0.2) is 35.4 Å². The van der Waals surface area contributed by atoms with E-state index in [0.717, 1.165) is 21.6 Å². The van der Waals surface area contributed by atoms with E-state index in [1.807, 2.05) is 20.8 Å². The van der Waals surface area contributed by atoms with Crippen LogP contribution < -0.4 is 15.6 Å². The Morgan fingerprint density at radius 2 is 1.70 bits per heavy atom. The number of nitrogens with one attached hydrogen (secondary N) is 1. The van der Waals surface area contributed by atoms with Crippen LogP contribution in [0.25, 0.3) is 5.82 Å². The average molecular weight is 445 g/mol. The molecule has 0 fully saturated rings. The molecule has 168 valence electrons. The zero-order chi connectivity index (χ0) is 23.7. The number of hydrogen-bond donors (Lipinski definition) is 1. The number of ether oxygens (including phenoxy) is 1. The van der Waals surface area contributed by atoms with Gasteiger partial charge in [-0.15, -0.1) is 0 Å². The second-order valence-electron chi connectivity index (χ2n) is 7.58. The Labute approximate surface area is 189 Å². The number of aromatic nitrogens is 6. The molecule has 4 aromatic rings. The molecule has 0 radical (unpaired) electrons. The van der Waals surface area contributed by atoms with Crippen molar-refractivity contribution in [3.8, 4) is 17.4 Å². The summed E-state index contributed by atoms with van der Waals surface area (Å²) >= 11 is 0. The number of anilines is 1. The summed E-state index contributed by atoms with van der Waals surface area (Å²) in [4.78, 5) is 32.6. The van der Waals surface area contributed by atoms with Crippen LogP contribution in [0.3, 0.4) is 0 Å². The number of amides is 1. The van der Waals surface area contributed by atoms with Gasteiger partial charge in [-0.25, -0.2) is 14.3 Å². The number of hydrogen-bond acceptors (Lipinski definition) is 7.